The summed E-state index contributed by atoms with van der Waals surface area (Å²) in [4.78, 5) is 1.95. The van der Waals surface area contributed by atoms with Gasteiger partial charge >= 0.3 is 0 Å². The van der Waals surface area contributed by atoms with Gasteiger partial charge in [-0.3, -0.25) is 4.90 Å². The lowest BCUT2D eigenvalue weighted by Crippen LogP contribution is -2.34. The molecule has 15 heavy (non-hydrogen) atoms. The van der Waals surface area contributed by atoms with Crippen LogP contribution in [0.5, 0.6) is 0 Å². The maximum Gasteiger partial charge on any atom is 0.0679 e. The Morgan fingerprint density at radius 3 is 2.13 bits per heavy atom. The minimum Gasteiger partial charge on any atom is -0.395 e. The number of aliphatic hydroxyl groups excluding tert-OH is 2. The molecule has 0 amide bonds. The smallest absolute Gasteiger partial charge is 0.0679 e. The Morgan fingerprint density at radius 2 is 1.60 bits per heavy atom. The first-order valence-corrected chi connectivity index (χ1v) is 5.10. The third-order valence-electron chi connectivity index (χ3n) is 2.11. The monoisotopic (exact) mass is 210 g/mol. The van der Waals surface area contributed by atoms with Gasteiger partial charge in [-0.15, -0.1) is 0 Å². The number of benzene rings is 1. The van der Waals surface area contributed by atoms with Gasteiger partial charge in [0.1, 0.15) is 0 Å². The van der Waals surface area contributed by atoms with Gasteiger partial charge in [0, 0.05) is 18.8 Å². The van der Waals surface area contributed by atoms with E-state index in [0.717, 1.165) is 5.69 Å². The van der Waals surface area contributed by atoms with Gasteiger partial charge in [-0.2, -0.15) is 0 Å². The van der Waals surface area contributed by atoms with E-state index >= 15 is 0 Å². The summed E-state index contributed by atoms with van der Waals surface area (Å²) >= 11 is 0. The summed E-state index contributed by atoms with van der Waals surface area (Å²) in [5.74, 6) is 0. The molecule has 0 heterocycles. The van der Waals surface area contributed by atoms with E-state index in [1.54, 1.807) is 0 Å². The summed E-state index contributed by atoms with van der Waals surface area (Å²) in [6.45, 7) is 1.98. The summed E-state index contributed by atoms with van der Waals surface area (Å²) in [6.07, 6.45) is 0. The summed E-state index contributed by atoms with van der Waals surface area (Å²) < 4.78 is 0. The van der Waals surface area contributed by atoms with Crippen molar-refractivity contribution in [3.05, 3.63) is 30.3 Å². The lowest BCUT2D eigenvalue weighted by atomic mass is 10.3. The van der Waals surface area contributed by atoms with Crippen LogP contribution in [0.3, 0.4) is 0 Å². The molecule has 1 aromatic carbocycles. The fourth-order valence-corrected chi connectivity index (χ4v) is 1.31. The molecular formula is C11H18N2O2. The first-order valence-electron chi connectivity index (χ1n) is 5.10. The minimum atomic E-state index is 0.108. The van der Waals surface area contributed by atoms with Gasteiger partial charge in [0.2, 0.25) is 0 Å². The second kappa shape index (κ2) is 7.23. The quantitative estimate of drug-likeness (QED) is 0.568. The molecule has 4 nitrogen and oxygen atoms in total. The summed E-state index contributed by atoms with van der Waals surface area (Å²) in [6, 6.07) is 9.85. The Hall–Kier alpha value is -1.10. The highest BCUT2D eigenvalue weighted by Gasteiger charge is 2.01. The Morgan fingerprint density at radius 1 is 1.00 bits per heavy atom. The Kier molecular flexibility index (Phi) is 5.77. The summed E-state index contributed by atoms with van der Waals surface area (Å²) in [5, 5.41) is 20.8. The van der Waals surface area contributed by atoms with Crippen molar-refractivity contribution in [3.63, 3.8) is 0 Å². The molecule has 0 aliphatic heterocycles. The highest BCUT2D eigenvalue weighted by atomic mass is 16.3. The first kappa shape index (κ1) is 12.0. The zero-order valence-electron chi connectivity index (χ0n) is 8.76. The van der Waals surface area contributed by atoms with Crippen molar-refractivity contribution >= 4 is 5.69 Å². The molecule has 0 saturated carbocycles. The largest absolute Gasteiger partial charge is 0.395 e. The molecule has 0 fully saturated rings. The fraction of sp³-hybridized carbons (Fsp3) is 0.455. The van der Waals surface area contributed by atoms with Gasteiger partial charge in [-0.05, 0) is 12.1 Å². The van der Waals surface area contributed by atoms with Crippen molar-refractivity contribution in [2.24, 2.45) is 0 Å². The van der Waals surface area contributed by atoms with Crippen molar-refractivity contribution in [1.29, 1.82) is 0 Å². The Labute approximate surface area is 90.2 Å². The van der Waals surface area contributed by atoms with E-state index in [2.05, 4.69) is 5.32 Å². The third-order valence-corrected chi connectivity index (χ3v) is 2.11. The van der Waals surface area contributed by atoms with Crippen LogP contribution in [0.2, 0.25) is 0 Å². The third kappa shape index (κ3) is 4.78. The van der Waals surface area contributed by atoms with Crippen molar-refractivity contribution in [2.45, 2.75) is 0 Å². The van der Waals surface area contributed by atoms with Crippen molar-refractivity contribution in [2.75, 3.05) is 38.3 Å². The number of nitrogens with one attached hydrogen (secondary N) is 1. The molecule has 84 valence electrons. The molecule has 1 rings (SSSR count). The molecule has 0 saturated heterocycles. The van der Waals surface area contributed by atoms with Gasteiger partial charge < -0.3 is 15.5 Å². The van der Waals surface area contributed by atoms with Crippen molar-refractivity contribution < 1.29 is 10.2 Å². The number of anilines is 1. The van der Waals surface area contributed by atoms with Crippen molar-refractivity contribution in [3.8, 4) is 0 Å². The number of hydrogen-bond acceptors (Lipinski definition) is 4. The van der Waals surface area contributed by atoms with E-state index in [4.69, 9.17) is 10.2 Å². The van der Waals surface area contributed by atoms with Crippen LogP contribution >= 0.6 is 0 Å². The fourth-order valence-electron chi connectivity index (χ4n) is 1.31. The van der Waals surface area contributed by atoms with E-state index in [-0.39, 0.29) is 13.2 Å². The average Bonchev–Trinajstić information content (AvgIpc) is 2.28. The molecule has 0 aliphatic rings. The summed E-state index contributed by atoms with van der Waals surface area (Å²) in [5.41, 5.74) is 1.04. The van der Waals surface area contributed by atoms with Gasteiger partial charge in [-0.25, -0.2) is 0 Å². The molecule has 0 radical (unpaired) electrons. The molecule has 0 spiro atoms. The molecule has 3 N–H and O–H groups in total. The lowest BCUT2D eigenvalue weighted by molar-refractivity contribution is 0.168. The van der Waals surface area contributed by atoms with Crippen LogP contribution in [0.15, 0.2) is 30.3 Å². The van der Waals surface area contributed by atoms with Crippen LogP contribution in [0.1, 0.15) is 0 Å². The molecule has 0 unspecified atom stereocenters. The predicted molar refractivity (Wildman–Crippen MR) is 60.7 cm³/mol. The van der Waals surface area contributed by atoms with Gasteiger partial charge in [0.05, 0.1) is 19.9 Å². The summed E-state index contributed by atoms with van der Waals surface area (Å²) in [7, 11) is 0. The first-order chi connectivity index (χ1) is 7.36. The van der Waals surface area contributed by atoms with Crippen molar-refractivity contribution in [1.82, 2.24) is 4.90 Å². The van der Waals surface area contributed by atoms with Gasteiger partial charge in [-0.1, -0.05) is 18.2 Å². The number of nitrogens with zero attached hydrogens (tertiary/aromatic N) is 1. The maximum absolute atomic E-state index is 8.81. The molecule has 4 heteroatoms. The zero-order valence-corrected chi connectivity index (χ0v) is 8.76. The molecule has 0 aromatic heterocycles. The van der Waals surface area contributed by atoms with Crippen LogP contribution < -0.4 is 5.32 Å². The van der Waals surface area contributed by atoms with Crippen LogP contribution in [0.4, 0.5) is 5.69 Å². The highest BCUT2D eigenvalue weighted by Crippen LogP contribution is 2.04. The lowest BCUT2D eigenvalue weighted by Gasteiger charge is -2.21. The number of hydrogen-bond donors (Lipinski definition) is 3. The van der Waals surface area contributed by atoms with Gasteiger partial charge in [0.25, 0.3) is 0 Å². The number of aliphatic hydroxyl groups is 2. The Balaban J connectivity index is 2.33. The number of para-hydroxylation sites is 1. The molecule has 1 aromatic rings. The van der Waals surface area contributed by atoms with E-state index < -0.39 is 0 Å². The molecule has 0 aliphatic carbocycles. The Bertz CT molecular complexity index is 248. The van der Waals surface area contributed by atoms with Crippen LogP contribution in [0, 0.1) is 0 Å². The van der Waals surface area contributed by atoms with Crippen LogP contribution in [-0.2, 0) is 0 Å². The molecule has 0 atom stereocenters. The normalized spacial score (nSPS) is 10.6. The average molecular weight is 210 g/mol. The zero-order chi connectivity index (χ0) is 10.9. The second-order valence-corrected chi connectivity index (χ2v) is 3.27. The van der Waals surface area contributed by atoms with Crippen LogP contribution in [0.25, 0.3) is 0 Å². The number of rotatable bonds is 7. The second-order valence-electron chi connectivity index (χ2n) is 3.27. The predicted octanol–water partition coefficient (Wildman–Crippen LogP) is 0.343. The van der Waals surface area contributed by atoms with E-state index in [1.165, 1.54) is 0 Å². The topological polar surface area (TPSA) is 55.7 Å². The van der Waals surface area contributed by atoms with E-state index in [1.807, 2.05) is 35.2 Å². The molecule has 0 bridgehead atoms. The highest BCUT2D eigenvalue weighted by molar-refractivity contribution is 5.42. The maximum atomic E-state index is 8.81. The SMILES string of the molecule is OCCN(CCO)CNc1ccccc1. The van der Waals surface area contributed by atoms with Crippen LogP contribution in [-0.4, -0.2) is 48.1 Å². The minimum absolute atomic E-state index is 0.108. The van der Waals surface area contributed by atoms with E-state index in [0.29, 0.717) is 19.8 Å². The van der Waals surface area contributed by atoms with Gasteiger partial charge in [0.15, 0.2) is 0 Å². The van der Waals surface area contributed by atoms with E-state index in [9.17, 15) is 0 Å². The standard InChI is InChI=1S/C11H18N2O2/c14-8-6-13(7-9-15)10-12-11-4-2-1-3-5-11/h1-5,12,14-15H,6-10H2. The molecular weight excluding hydrogens is 192 g/mol.